The van der Waals surface area contributed by atoms with E-state index in [0.29, 0.717) is 32.2 Å². The third kappa shape index (κ3) is 6.15. The highest BCUT2D eigenvalue weighted by Crippen LogP contribution is 2.27. The van der Waals surface area contributed by atoms with Gasteiger partial charge >= 0.3 is 0 Å². The van der Waals surface area contributed by atoms with E-state index in [4.69, 9.17) is 14.2 Å². The zero-order valence-corrected chi connectivity index (χ0v) is 17.9. The van der Waals surface area contributed by atoms with Crippen molar-refractivity contribution in [1.82, 2.24) is 0 Å². The van der Waals surface area contributed by atoms with Crippen LogP contribution in [-0.4, -0.2) is 13.2 Å². The van der Waals surface area contributed by atoms with Crippen LogP contribution in [0.5, 0.6) is 11.5 Å². The van der Waals surface area contributed by atoms with Crippen LogP contribution in [0.2, 0.25) is 0 Å². The molecule has 0 fully saturated rings. The topological polar surface area (TPSA) is 27.7 Å². The van der Waals surface area contributed by atoms with Gasteiger partial charge in [-0.2, -0.15) is 0 Å². The van der Waals surface area contributed by atoms with E-state index in [9.17, 15) is 4.39 Å². The summed E-state index contributed by atoms with van der Waals surface area (Å²) in [4.78, 5) is 0. The van der Waals surface area contributed by atoms with Crippen molar-refractivity contribution >= 4 is 0 Å². The third-order valence-corrected chi connectivity index (χ3v) is 4.91. The smallest absolute Gasteiger partial charge is 0.165 e. The Morgan fingerprint density at radius 1 is 0.800 bits per heavy atom. The fourth-order valence-corrected chi connectivity index (χ4v) is 3.11. The van der Waals surface area contributed by atoms with Crippen LogP contribution in [0.4, 0.5) is 4.39 Å². The second-order valence-corrected chi connectivity index (χ2v) is 7.89. The first-order chi connectivity index (χ1) is 14.5. The molecule has 3 aromatic rings. The second-order valence-electron chi connectivity index (χ2n) is 7.89. The molecule has 0 amide bonds. The van der Waals surface area contributed by atoms with Crippen LogP contribution in [0.1, 0.15) is 37.5 Å². The quantitative estimate of drug-likeness (QED) is 0.376. The number of hydrogen-bond acceptors (Lipinski definition) is 3. The molecule has 0 aromatic heterocycles. The number of benzene rings is 3. The largest absolute Gasteiger partial charge is 0.454 e. The van der Waals surface area contributed by atoms with Crippen LogP contribution in [0, 0.1) is 5.82 Å². The normalized spacial score (nSPS) is 11.5. The Hall–Kier alpha value is -2.69. The summed E-state index contributed by atoms with van der Waals surface area (Å²) >= 11 is 0. The zero-order chi connectivity index (χ0) is 21.4. The summed E-state index contributed by atoms with van der Waals surface area (Å²) in [5.74, 6) is 0.407. The maximum Gasteiger partial charge on any atom is 0.165 e. The van der Waals surface area contributed by atoms with E-state index in [-0.39, 0.29) is 11.2 Å². The van der Waals surface area contributed by atoms with Crippen LogP contribution in [0.25, 0.3) is 0 Å². The van der Waals surface area contributed by atoms with Gasteiger partial charge in [0.15, 0.2) is 11.6 Å². The van der Waals surface area contributed by atoms with Gasteiger partial charge in [-0.1, -0.05) is 62.4 Å². The molecule has 0 saturated heterocycles. The van der Waals surface area contributed by atoms with Gasteiger partial charge in [0, 0.05) is 12.0 Å². The molecular weight excluding hydrogens is 379 g/mol. The summed E-state index contributed by atoms with van der Waals surface area (Å²) in [7, 11) is 0. The lowest BCUT2D eigenvalue weighted by Gasteiger charge is -2.25. The Morgan fingerprint density at radius 2 is 1.47 bits per heavy atom. The molecule has 0 heterocycles. The number of ether oxygens (including phenoxy) is 3. The minimum Gasteiger partial charge on any atom is -0.454 e. The Labute approximate surface area is 178 Å². The molecule has 4 heteroatoms. The van der Waals surface area contributed by atoms with E-state index in [2.05, 4.69) is 38.1 Å². The maximum atomic E-state index is 14.1. The summed E-state index contributed by atoms with van der Waals surface area (Å²) in [6, 6.07) is 22.5. The molecular formula is C26H29FO3. The van der Waals surface area contributed by atoms with Crippen molar-refractivity contribution in [2.24, 2.45) is 0 Å². The molecule has 0 radical (unpaired) electrons. The Bertz CT molecular complexity index is 921. The van der Waals surface area contributed by atoms with E-state index >= 15 is 0 Å². The third-order valence-electron chi connectivity index (χ3n) is 4.91. The van der Waals surface area contributed by atoms with E-state index < -0.39 is 5.82 Å². The highest BCUT2D eigenvalue weighted by atomic mass is 19.1. The number of halogens is 1. The van der Waals surface area contributed by atoms with Gasteiger partial charge in [-0.05, 0) is 47.9 Å². The molecule has 0 atom stereocenters. The summed E-state index contributed by atoms with van der Waals surface area (Å²) in [6.07, 6.45) is 0. The second kappa shape index (κ2) is 10.4. The van der Waals surface area contributed by atoms with E-state index in [1.807, 2.05) is 25.1 Å². The minimum absolute atomic E-state index is 0.145. The van der Waals surface area contributed by atoms with Gasteiger partial charge in [0.05, 0.1) is 19.8 Å². The van der Waals surface area contributed by atoms with Crippen LogP contribution in [0.15, 0.2) is 72.8 Å². The molecule has 0 aliphatic heterocycles. The first-order valence-corrected chi connectivity index (χ1v) is 10.2. The molecule has 0 aliphatic carbocycles. The van der Waals surface area contributed by atoms with E-state index in [1.165, 1.54) is 11.6 Å². The van der Waals surface area contributed by atoms with E-state index in [1.54, 1.807) is 24.3 Å². The average molecular weight is 409 g/mol. The first-order valence-electron chi connectivity index (χ1n) is 10.2. The van der Waals surface area contributed by atoms with Gasteiger partial charge in [0.25, 0.3) is 0 Å². The number of rotatable bonds is 10. The van der Waals surface area contributed by atoms with Crippen molar-refractivity contribution in [3.05, 3.63) is 95.3 Å². The lowest BCUT2D eigenvalue weighted by atomic mass is 9.85. The Morgan fingerprint density at radius 3 is 2.17 bits per heavy atom. The van der Waals surface area contributed by atoms with Crippen molar-refractivity contribution in [2.75, 3.05) is 13.2 Å². The predicted molar refractivity (Wildman–Crippen MR) is 117 cm³/mol. The maximum absolute atomic E-state index is 14.1. The molecule has 0 aliphatic rings. The fourth-order valence-electron chi connectivity index (χ4n) is 3.11. The van der Waals surface area contributed by atoms with Gasteiger partial charge in [-0.25, -0.2) is 4.39 Å². The van der Waals surface area contributed by atoms with Crippen LogP contribution >= 0.6 is 0 Å². The van der Waals surface area contributed by atoms with Crippen molar-refractivity contribution in [3.63, 3.8) is 0 Å². The van der Waals surface area contributed by atoms with Crippen molar-refractivity contribution in [2.45, 2.75) is 39.4 Å². The zero-order valence-electron chi connectivity index (χ0n) is 17.9. The lowest BCUT2D eigenvalue weighted by Crippen LogP contribution is -2.24. The number of para-hydroxylation sites is 1. The molecule has 0 N–H and O–H groups in total. The highest BCUT2D eigenvalue weighted by molar-refractivity contribution is 5.35. The Kier molecular flexibility index (Phi) is 7.61. The van der Waals surface area contributed by atoms with Crippen LogP contribution < -0.4 is 4.74 Å². The fraction of sp³-hybridized carbons (Fsp3) is 0.308. The van der Waals surface area contributed by atoms with Gasteiger partial charge in [0.1, 0.15) is 5.75 Å². The standard InChI is InChI=1S/C26H29FO3/c1-4-28-17-20-10-13-22(14-11-20)26(2,3)19-29-18-21-12-15-24(27)25(16-21)30-23-8-6-5-7-9-23/h5-16H,4,17-19H2,1-3H3. The molecule has 3 nitrogen and oxygen atoms in total. The van der Waals surface area contributed by atoms with Gasteiger partial charge in [-0.15, -0.1) is 0 Å². The average Bonchev–Trinajstić information content (AvgIpc) is 2.75. The summed E-state index contributed by atoms with van der Waals surface area (Å²) in [5.41, 5.74) is 3.09. The predicted octanol–water partition coefficient (Wildman–Crippen LogP) is 6.65. The molecule has 158 valence electrons. The SMILES string of the molecule is CCOCc1ccc(C(C)(C)COCc2ccc(F)c(Oc3ccccc3)c2)cc1. The molecule has 0 saturated carbocycles. The van der Waals surface area contributed by atoms with Crippen LogP contribution in [0.3, 0.4) is 0 Å². The van der Waals surface area contributed by atoms with Gasteiger partial charge < -0.3 is 14.2 Å². The van der Waals surface area contributed by atoms with Crippen LogP contribution in [-0.2, 0) is 28.1 Å². The number of hydrogen-bond donors (Lipinski definition) is 0. The van der Waals surface area contributed by atoms with Gasteiger partial charge in [0.2, 0.25) is 0 Å². The molecule has 3 rings (SSSR count). The van der Waals surface area contributed by atoms with Crippen molar-refractivity contribution < 1.29 is 18.6 Å². The van der Waals surface area contributed by atoms with Gasteiger partial charge in [-0.3, -0.25) is 0 Å². The first kappa shape index (κ1) is 22.0. The summed E-state index contributed by atoms with van der Waals surface area (Å²) < 4.78 is 31.2. The highest BCUT2D eigenvalue weighted by Gasteiger charge is 2.21. The molecule has 0 bridgehead atoms. The molecule has 0 unspecified atom stereocenters. The lowest BCUT2D eigenvalue weighted by molar-refractivity contribution is 0.0823. The van der Waals surface area contributed by atoms with Crippen molar-refractivity contribution in [3.8, 4) is 11.5 Å². The molecule has 30 heavy (non-hydrogen) atoms. The monoisotopic (exact) mass is 408 g/mol. The van der Waals surface area contributed by atoms with E-state index in [0.717, 1.165) is 11.1 Å². The van der Waals surface area contributed by atoms with Crippen molar-refractivity contribution in [1.29, 1.82) is 0 Å². The Balaban J connectivity index is 1.58. The molecule has 0 spiro atoms. The summed E-state index contributed by atoms with van der Waals surface area (Å²) in [6.45, 7) is 8.57. The molecule has 3 aromatic carbocycles. The summed E-state index contributed by atoms with van der Waals surface area (Å²) in [5, 5.41) is 0. The minimum atomic E-state index is -0.393.